The first kappa shape index (κ1) is 18.6. The van der Waals surface area contributed by atoms with E-state index in [9.17, 15) is 15.0 Å². The van der Waals surface area contributed by atoms with Crippen LogP contribution in [0, 0.1) is 0 Å². The molecule has 0 saturated carbocycles. The van der Waals surface area contributed by atoms with Gasteiger partial charge in [-0.15, -0.1) is 0 Å². The first-order valence-corrected chi connectivity index (χ1v) is 9.08. The Kier molecular flexibility index (Phi) is 7.70. The summed E-state index contributed by atoms with van der Waals surface area (Å²) < 4.78 is 0. The van der Waals surface area contributed by atoms with Crippen LogP contribution in [0.15, 0.2) is 11.6 Å². The van der Waals surface area contributed by atoms with Crippen molar-refractivity contribution in [2.45, 2.75) is 88.5 Å². The van der Waals surface area contributed by atoms with Gasteiger partial charge in [-0.05, 0) is 37.7 Å². The predicted molar refractivity (Wildman–Crippen MR) is 89.1 cm³/mol. The second-order valence-corrected chi connectivity index (χ2v) is 6.89. The lowest BCUT2D eigenvalue weighted by Gasteiger charge is -2.15. The molecule has 1 aliphatic carbocycles. The van der Waals surface area contributed by atoms with Crippen molar-refractivity contribution in [2.75, 3.05) is 6.61 Å². The van der Waals surface area contributed by atoms with Gasteiger partial charge < -0.3 is 20.6 Å². The highest BCUT2D eigenvalue weighted by molar-refractivity contribution is 5.95. The predicted octanol–water partition coefficient (Wildman–Crippen LogP) is 1.45. The molecule has 0 spiro atoms. The maximum atomic E-state index is 11.7. The topological polar surface area (TPSA) is 89.8 Å². The van der Waals surface area contributed by atoms with Crippen molar-refractivity contribution in [3.05, 3.63) is 11.6 Å². The van der Waals surface area contributed by atoms with Crippen LogP contribution in [0.2, 0.25) is 0 Å². The van der Waals surface area contributed by atoms with Gasteiger partial charge in [-0.25, -0.2) is 0 Å². The van der Waals surface area contributed by atoms with E-state index in [0.29, 0.717) is 5.78 Å². The summed E-state index contributed by atoms with van der Waals surface area (Å²) in [6.45, 7) is -0.150. The molecule has 4 atom stereocenters. The maximum absolute atomic E-state index is 11.7. The number of aliphatic hydroxyl groups is 3. The largest absolute Gasteiger partial charge is 0.395 e. The molecule has 0 amide bonds. The standard InChI is InChI=1S/C18H31NO4/c20-12-15-18(23)17(22)14(19-15)10-5-3-1-2-4-8-13-9-6-7-11-16(13)21/h9,14-15,17-20,22-23H,1-8,10-12H2/t14-,15-,17-,18-/m1/s1. The Morgan fingerprint density at radius 3 is 2.43 bits per heavy atom. The molecular weight excluding hydrogens is 294 g/mol. The molecule has 1 aliphatic heterocycles. The average Bonchev–Trinajstić information content (AvgIpc) is 2.83. The van der Waals surface area contributed by atoms with Crippen LogP contribution >= 0.6 is 0 Å². The molecule has 4 N–H and O–H groups in total. The Morgan fingerprint density at radius 1 is 1.04 bits per heavy atom. The molecule has 0 aromatic rings. The molecule has 23 heavy (non-hydrogen) atoms. The van der Waals surface area contributed by atoms with Crippen LogP contribution in [-0.2, 0) is 4.79 Å². The van der Waals surface area contributed by atoms with Crippen LogP contribution in [0.1, 0.15) is 64.2 Å². The summed E-state index contributed by atoms with van der Waals surface area (Å²) in [6.07, 6.45) is 10.4. The number of carbonyl (C=O) groups is 1. The third-order valence-corrected chi connectivity index (χ3v) is 5.12. The molecule has 0 radical (unpaired) electrons. The number of carbonyl (C=O) groups excluding carboxylic acids is 1. The number of nitrogens with one attached hydrogen (secondary N) is 1. The fraction of sp³-hybridized carbons (Fsp3) is 0.833. The third-order valence-electron chi connectivity index (χ3n) is 5.12. The molecule has 1 fully saturated rings. The highest BCUT2D eigenvalue weighted by atomic mass is 16.3. The van der Waals surface area contributed by atoms with E-state index < -0.39 is 18.2 Å². The molecule has 0 aromatic heterocycles. The lowest BCUT2D eigenvalue weighted by atomic mass is 9.93. The van der Waals surface area contributed by atoms with Crippen LogP contribution in [-0.4, -0.2) is 52.0 Å². The normalized spacial score (nSPS) is 31.4. The van der Waals surface area contributed by atoms with Gasteiger partial charge in [0.05, 0.1) is 24.9 Å². The van der Waals surface area contributed by atoms with E-state index >= 15 is 0 Å². The van der Waals surface area contributed by atoms with Gasteiger partial charge in [-0.2, -0.15) is 0 Å². The van der Waals surface area contributed by atoms with E-state index in [1.165, 1.54) is 0 Å². The van der Waals surface area contributed by atoms with Gasteiger partial charge in [0.2, 0.25) is 0 Å². The Balaban J connectivity index is 1.51. The Labute approximate surface area is 138 Å². The molecule has 5 nitrogen and oxygen atoms in total. The highest BCUT2D eigenvalue weighted by Crippen LogP contribution is 2.21. The van der Waals surface area contributed by atoms with Crippen molar-refractivity contribution in [3.8, 4) is 0 Å². The van der Waals surface area contributed by atoms with Gasteiger partial charge in [0.25, 0.3) is 0 Å². The summed E-state index contributed by atoms with van der Waals surface area (Å²) in [6, 6.07) is -0.525. The third kappa shape index (κ3) is 5.38. The molecule has 5 heteroatoms. The number of allylic oxidation sites excluding steroid dienone is 2. The van der Waals surface area contributed by atoms with Crippen LogP contribution in [0.3, 0.4) is 0 Å². The van der Waals surface area contributed by atoms with Crippen molar-refractivity contribution in [2.24, 2.45) is 0 Å². The van der Waals surface area contributed by atoms with Crippen molar-refractivity contribution in [3.63, 3.8) is 0 Å². The van der Waals surface area contributed by atoms with Gasteiger partial charge in [-0.3, -0.25) is 4.79 Å². The quantitative estimate of drug-likeness (QED) is 0.482. The summed E-state index contributed by atoms with van der Waals surface area (Å²) in [4.78, 5) is 11.7. The number of hydrogen-bond acceptors (Lipinski definition) is 5. The van der Waals surface area contributed by atoms with E-state index in [1.54, 1.807) is 0 Å². The number of unbranched alkanes of at least 4 members (excludes halogenated alkanes) is 4. The summed E-state index contributed by atoms with van der Waals surface area (Å²) >= 11 is 0. The second-order valence-electron chi connectivity index (χ2n) is 6.89. The van der Waals surface area contributed by atoms with Gasteiger partial charge in [0.15, 0.2) is 5.78 Å². The molecule has 1 heterocycles. The molecule has 0 aromatic carbocycles. The van der Waals surface area contributed by atoms with E-state index in [0.717, 1.165) is 69.8 Å². The molecule has 132 valence electrons. The maximum Gasteiger partial charge on any atom is 0.158 e. The lowest BCUT2D eigenvalue weighted by Crippen LogP contribution is -2.36. The second kappa shape index (κ2) is 9.52. The molecule has 2 aliphatic rings. The van der Waals surface area contributed by atoms with Crippen LogP contribution in [0.4, 0.5) is 0 Å². The molecule has 0 unspecified atom stereocenters. The number of rotatable bonds is 9. The molecule has 2 rings (SSSR count). The Morgan fingerprint density at radius 2 is 1.74 bits per heavy atom. The number of hydrogen-bond donors (Lipinski definition) is 4. The Bertz CT molecular complexity index is 410. The van der Waals surface area contributed by atoms with Crippen molar-refractivity contribution < 1.29 is 20.1 Å². The minimum absolute atomic E-state index is 0.118. The zero-order chi connectivity index (χ0) is 16.7. The van der Waals surface area contributed by atoms with Crippen molar-refractivity contribution in [1.82, 2.24) is 5.32 Å². The van der Waals surface area contributed by atoms with Gasteiger partial charge >= 0.3 is 0 Å². The highest BCUT2D eigenvalue weighted by Gasteiger charge is 2.39. The number of Topliss-reactive ketones (excluding diaryl/α,β-unsaturated/α-hetero) is 1. The zero-order valence-corrected chi connectivity index (χ0v) is 13.9. The Hall–Kier alpha value is -0.750. The molecule has 0 bridgehead atoms. The average molecular weight is 325 g/mol. The van der Waals surface area contributed by atoms with Crippen molar-refractivity contribution in [1.29, 1.82) is 0 Å². The number of aliphatic hydroxyl groups excluding tert-OH is 3. The minimum Gasteiger partial charge on any atom is -0.395 e. The monoisotopic (exact) mass is 325 g/mol. The summed E-state index contributed by atoms with van der Waals surface area (Å²) in [7, 11) is 0. The smallest absolute Gasteiger partial charge is 0.158 e. The van der Waals surface area contributed by atoms with Gasteiger partial charge in [0.1, 0.15) is 0 Å². The summed E-state index contributed by atoms with van der Waals surface area (Å²) in [5, 5.41) is 31.8. The van der Waals surface area contributed by atoms with E-state index in [1.807, 2.05) is 0 Å². The van der Waals surface area contributed by atoms with E-state index in [4.69, 9.17) is 5.11 Å². The molecule has 1 saturated heterocycles. The van der Waals surface area contributed by atoms with E-state index in [2.05, 4.69) is 11.4 Å². The first-order valence-electron chi connectivity index (χ1n) is 9.08. The lowest BCUT2D eigenvalue weighted by molar-refractivity contribution is -0.116. The van der Waals surface area contributed by atoms with Gasteiger partial charge in [-0.1, -0.05) is 31.8 Å². The number of ketones is 1. The van der Waals surface area contributed by atoms with E-state index in [-0.39, 0.29) is 12.6 Å². The first-order chi connectivity index (χ1) is 11.1. The molecular formula is C18H31NO4. The fourth-order valence-corrected chi connectivity index (χ4v) is 3.63. The van der Waals surface area contributed by atoms with Crippen LogP contribution in [0.25, 0.3) is 0 Å². The summed E-state index contributed by atoms with van der Waals surface area (Å²) in [5.74, 6) is 0.342. The SMILES string of the molecule is O=C1CCCC=C1CCCCCCC[C@H]1N[C@H](CO)[C@@H](O)[C@@H]1O. The summed E-state index contributed by atoms with van der Waals surface area (Å²) in [5.41, 5.74) is 1.04. The van der Waals surface area contributed by atoms with Gasteiger partial charge in [0, 0.05) is 12.5 Å². The van der Waals surface area contributed by atoms with Crippen LogP contribution in [0.5, 0.6) is 0 Å². The minimum atomic E-state index is -0.869. The zero-order valence-electron chi connectivity index (χ0n) is 13.9. The van der Waals surface area contributed by atoms with Crippen LogP contribution < -0.4 is 5.32 Å². The fourth-order valence-electron chi connectivity index (χ4n) is 3.63. The van der Waals surface area contributed by atoms with Crippen molar-refractivity contribution >= 4 is 5.78 Å².